The lowest BCUT2D eigenvalue weighted by Crippen LogP contribution is -1.89. The Bertz CT molecular complexity index is 473. The first kappa shape index (κ1) is 10.4. The zero-order chi connectivity index (χ0) is 9.26. The second-order valence-corrected chi connectivity index (χ2v) is 2.55. The summed E-state index contributed by atoms with van der Waals surface area (Å²) in [6.07, 6.45) is 3.40. The molecule has 5 heteroatoms. The van der Waals surface area contributed by atoms with Crippen LogP contribution in [0.15, 0.2) is 24.5 Å². The van der Waals surface area contributed by atoms with Crippen LogP contribution in [0.25, 0.3) is 11.0 Å². The van der Waals surface area contributed by atoms with Crippen LogP contribution < -0.4 is 0 Å². The molecule has 2 heterocycles. The van der Waals surface area contributed by atoms with Gasteiger partial charge in [0.2, 0.25) is 0 Å². The van der Waals surface area contributed by atoms with Crippen molar-refractivity contribution < 1.29 is 9.90 Å². The van der Waals surface area contributed by atoms with Gasteiger partial charge < -0.3 is 5.11 Å². The van der Waals surface area contributed by atoms with Crippen molar-refractivity contribution in [1.29, 1.82) is 0 Å². The predicted octanol–water partition coefficient (Wildman–Crippen LogP) is 1.57. The summed E-state index contributed by atoms with van der Waals surface area (Å²) in [5, 5.41) is 9.85. The Morgan fingerprint density at radius 1 is 1.36 bits per heavy atom. The third kappa shape index (κ3) is 1.52. The SMILES string of the molecule is Cl.O=Cc1c(O)cnc2ncccc12. The molecule has 1 N–H and O–H groups in total. The molecule has 72 valence electrons. The molecule has 2 rings (SSSR count). The fourth-order valence-electron chi connectivity index (χ4n) is 1.16. The van der Waals surface area contributed by atoms with Crippen LogP contribution in [0.5, 0.6) is 5.75 Å². The average Bonchev–Trinajstić information content (AvgIpc) is 2.18. The summed E-state index contributed by atoms with van der Waals surface area (Å²) in [7, 11) is 0. The number of fused-ring (bicyclic) bond motifs is 1. The van der Waals surface area contributed by atoms with Gasteiger partial charge in [-0.1, -0.05) is 0 Å². The van der Waals surface area contributed by atoms with Gasteiger partial charge in [0.25, 0.3) is 0 Å². The molecule has 0 aliphatic carbocycles. The van der Waals surface area contributed by atoms with Crippen LogP contribution in [-0.4, -0.2) is 21.4 Å². The van der Waals surface area contributed by atoms with E-state index >= 15 is 0 Å². The van der Waals surface area contributed by atoms with E-state index in [-0.39, 0.29) is 23.7 Å². The minimum atomic E-state index is -0.115. The minimum absolute atomic E-state index is 0. The summed E-state index contributed by atoms with van der Waals surface area (Å²) in [6, 6.07) is 3.38. The fourth-order valence-corrected chi connectivity index (χ4v) is 1.16. The molecule has 0 fully saturated rings. The number of rotatable bonds is 1. The molecule has 14 heavy (non-hydrogen) atoms. The Morgan fingerprint density at radius 3 is 2.86 bits per heavy atom. The van der Waals surface area contributed by atoms with E-state index in [1.165, 1.54) is 6.20 Å². The van der Waals surface area contributed by atoms with Gasteiger partial charge in [-0.05, 0) is 12.1 Å². The zero-order valence-corrected chi connectivity index (χ0v) is 7.86. The largest absolute Gasteiger partial charge is 0.506 e. The highest BCUT2D eigenvalue weighted by atomic mass is 35.5. The number of hydrogen-bond acceptors (Lipinski definition) is 4. The highest BCUT2D eigenvalue weighted by molar-refractivity contribution is 5.97. The van der Waals surface area contributed by atoms with Gasteiger partial charge in [0.1, 0.15) is 5.75 Å². The lowest BCUT2D eigenvalue weighted by Gasteiger charge is -2.00. The number of carbonyl (C=O) groups is 1. The van der Waals surface area contributed by atoms with Gasteiger partial charge in [-0.15, -0.1) is 12.4 Å². The lowest BCUT2D eigenvalue weighted by molar-refractivity contribution is 0.112. The van der Waals surface area contributed by atoms with Crippen LogP contribution in [0.4, 0.5) is 0 Å². The zero-order valence-electron chi connectivity index (χ0n) is 7.04. The summed E-state index contributed by atoms with van der Waals surface area (Å²) in [5.74, 6) is -0.115. The molecular formula is C9H7ClN2O2. The van der Waals surface area contributed by atoms with Crippen LogP contribution in [0.1, 0.15) is 10.4 Å². The first-order valence-corrected chi connectivity index (χ1v) is 3.71. The van der Waals surface area contributed by atoms with Gasteiger partial charge >= 0.3 is 0 Å². The predicted molar refractivity (Wildman–Crippen MR) is 53.8 cm³/mol. The number of halogens is 1. The van der Waals surface area contributed by atoms with E-state index in [0.29, 0.717) is 17.3 Å². The average molecular weight is 211 g/mol. The number of pyridine rings is 2. The Balaban J connectivity index is 0.000000980. The standard InChI is InChI=1S/C9H6N2O2.ClH/c12-5-7-6-2-1-3-10-9(6)11-4-8(7)13;/h1-5,13H;1H. The number of nitrogens with zero attached hydrogens (tertiary/aromatic N) is 2. The number of carbonyl (C=O) groups excluding carboxylic acids is 1. The highest BCUT2D eigenvalue weighted by Gasteiger charge is 2.06. The third-order valence-corrected chi connectivity index (χ3v) is 1.78. The quantitative estimate of drug-likeness (QED) is 0.726. The van der Waals surface area contributed by atoms with E-state index in [1.54, 1.807) is 18.3 Å². The number of hydrogen-bond donors (Lipinski definition) is 1. The molecule has 2 aromatic heterocycles. The maximum Gasteiger partial charge on any atom is 0.160 e. The topological polar surface area (TPSA) is 63.1 Å². The fraction of sp³-hybridized carbons (Fsp3) is 0. The van der Waals surface area contributed by atoms with Crippen molar-refractivity contribution in [2.45, 2.75) is 0 Å². The van der Waals surface area contributed by atoms with Crippen LogP contribution >= 0.6 is 12.4 Å². The molecule has 0 unspecified atom stereocenters. The van der Waals surface area contributed by atoms with Crippen molar-refractivity contribution in [3.63, 3.8) is 0 Å². The van der Waals surface area contributed by atoms with Gasteiger partial charge in [0, 0.05) is 11.6 Å². The molecular weight excluding hydrogens is 204 g/mol. The molecule has 0 amide bonds. The van der Waals surface area contributed by atoms with E-state index in [2.05, 4.69) is 9.97 Å². The molecule has 0 bridgehead atoms. The normalized spacial score (nSPS) is 9.43. The van der Waals surface area contributed by atoms with Gasteiger partial charge in [-0.25, -0.2) is 9.97 Å². The van der Waals surface area contributed by atoms with E-state index in [9.17, 15) is 9.90 Å². The van der Waals surface area contributed by atoms with Crippen molar-refractivity contribution in [3.05, 3.63) is 30.1 Å². The Kier molecular flexibility index (Phi) is 2.99. The number of aromatic hydroxyl groups is 1. The van der Waals surface area contributed by atoms with Crippen molar-refractivity contribution >= 4 is 29.7 Å². The van der Waals surface area contributed by atoms with E-state index < -0.39 is 0 Å². The summed E-state index contributed by atoms with van der Waals surface area (Å²) < 4.78 is 0. The molecule has 0 spiro atoms. The second-order valence-electron chi connectivity index (χ2n) is 2.55. The third-order valence-electron chi connectivity index (χ3n) is 1.78. The molecule has 0 radical (unpaired) electrons. The molecule has 0 saturated heterocycles. The molecule has 0 atom stereocenters. The number of aromatic nitrogens is 2. The monoisotopic (exact) mass is 210 g/mol. The summed E-state index contributed by atoms with van der Waals surface area (Å²) in [4.78, 5) is 18.4. The Morgan fingerprint density at radius 2 is 2.14 bits per heavy atom. The second kappa shape index (κ2) is 4.02. The van der Waals surface area contributed by atoms with Gasteiger partial charge in [-0.2, -0.15) is 0 Å². The van der Waals surface area contributed by atoms with E-state index in [4.69, 9.17) is 0 Å². The molecule has 0 aliphatic rings. The molecule has 0 aromatic carbocycles. The highest BCUT2D eigenvalue weighted by Crippen LogP contribution is 2.21. The smallest absolute Gasteiger partial charge is 0.160 e. The van der Waals surface area contributed by atoms with E-state index in [0.717, 1.165) is 0 Å². The van der Waals surface area contributed by atoms with Crippen LogP contribution in [0, 0.1) is 0 Å². The van der Waals surface area contributed by atoms with Crippen molar-refractivity contribution in [2.24, 2.45) is 0 Å². The van der Waals surface area contributed by atoms with Crippen molar-refractivity contribution in [1.82, 2.24) is 9.97 Å². The van der Waals surface area contributed by atoms with E-state index in [1.807, 2.05) is 0 Å². The summed E-state index contributed by atoms with van der Waals surface area (Å²) in [6.45, 7) is 0. The van der Waals surface area contributed by atoms with Crippen LogP contribution in [-0.2, 0) is 0 Å². The van der Waals surface area contributed by atoms with Crippen molar-refractivity contribution in [3.8, 4) is 5.75 Å². The molecule has 0 aliphatic heterocycles. The minimum Gasteiger partial charge on any atom is -0.506 e. The summed E-state index contributed by atoms with van der Waals surface area (Å²) >= 11 is 0. The van der Waals surface area contributed by atoms with Crippen molar-refractivity contribution in [2.75, 3.05) is 0 Å². The first-order valence-electron chi connectivity index (χ1n) is 3.71. The molecule has 0 saturated carbocycles. The lowest BCUT2D eigenvalue weighted by atomic mass is 10.1. The number of aldehydes is 1. The van der Waals surface area contributed by atoms with Crippen LogP contribution in [0.2, 0.25) is 0 Å². The Hall–Kier alpha value is -1.68. The van der Waals surface area contributed by atoms with Gasteiger partial charge in [-0.3, -0.25) is 4.79 Å². The molecule has 4 nitrogen and oxygen atoms in total. The van der Waals surface area contributed by atoms with Gasteiger partial charge in [0.05, 0.1) is 11.8 Å². The maximum atomic E-state index is 10.6. The first-order chi connectivity index (χ1) is 6.33. The summed E-state index contributed by atoms with van der Waals surface area (Å²) in [5.41, 5.74) is 0.695. The molecule has 2 aromatic rings. The Labute approximate surface area is 86.0 Å². The van der Waals surface area contributed by atoms with Crippen LogP contribution in [0.3, 0.4) is 0 Å². The maximum absolute atomic E-state index is 10.6. The van der Waals surface area contributed by atoms with Gasteiger partial charge in [0.15, 0.2) is 11.9 Å².